The monoisotopic (exact) mass is 755 g/mol. The standard InChI is InChI=1S/C34H33N3.2C7H7.Zr/c1-24(2)29-21-14-22-30(25(3)4)34(29)35-33(27-17-10-6-11-18-27)31-23-32(26-15-8-5-9-16-26)37(36-31)28-19-12-7-13-20-28;2*1-7-5-3-2-4-6-7;/h5-19,21-25,33H,1-4H3;2*2-6H,1H2;/q-2;2*-1;+4. The second-order valence-electron chi connectivity index (χ2n) is 13.0. The Bertz CT molecular complexity index is 1900. The molecule has 0 radical (unpaired) electrons. The van der Waals surface area contributed by atoms with Crippen LogP contribution in [-0.4, -0.2) is 9.78 Å². The van der Waals surface area contributed by atoms with Crippen molar-refractivity contribution in [2.24, 2.45) is 0 Å². The van der Waals surface area contributed by atoms with Crippen LogP contribution < -0.4 is 0 Å². The topological polar surface area (TPSA) is 31.9 Å². The Hall–Kier alpha value is -5.05. The van der Waals surface area contributed by atoms with Crippen molar-refractivity contribution >= 4 is 5.69 Å². The smallest absolute Gasteiger partial charge is 0.673 e. The van der Waals surface area contributed by atoms with E-state index in [9.17, 15) is 0 Å². The van der Waals surface area contributed by atoms with Gasteiger partial charge in [0.1, 0.15) is 0 Å². The first-order valence-electron chi connectivity index (χ1n) is 17.6. The SMILES string of the molecule is CC(C)c1cccc(C(C)C)c1[N-]C(c1ccccc1)c1cc(-c2ccccc2)n(-c2[c-]cccc2)n1.[CH2-]c1ccccc1.[CH2-]c1ccccc1.[Zr+4]. The maximum atomic E-state index is 5.50. The maximum Gasteiger partial charge on any atom is 4.00 e. The molecule has 0 aliphatic carbocycles. The van der Waals surface area contributed by atoms with Gasteiger partial charge in [-0.2, -0.15) is 78.6 Å². The summed E-state index contributed by atoms with van der Waals surface area (Å²) in [5, 5.41) is 10.7. The van der Waals surface area contributed by atoms with E-state index in [-0.39, 0.29) is 32.2 Å². The van der Waals surface area contributed by atoms with Crippen LogP contribution in [0.2, 0.25) is 0 Å². The minimum Gasteiger partial charge on any atom is -0.673 e. The van der Waals surface area contributed by atoms with Crippen molar-refractivity contribution in [2.45, 2.75) is 45.6 Å². The minimum atomic E-state index is -0.244. The molecule has 3 nitrogen and oxygen atoms in total. The summed E-state index contributed by atoms with van der Waals surface area (Å²) in [4.78, 5) is 0. The van der Waals surface area contributed by atoms with Crippen molar-refractivity contribution in [1.29, 1.82) is 0 Å². The van der Waals surface area contributed by atoms with Crippen LogP contribution in [0.4, 0.5) is 5.69 Å². The van der Waals surface area contributed by atoms with Gasteiger partial charge in [-0.1, -0.05) is 135 Å². The zero-order valence-electron chi connectivity index (χ0n) is 30.7. The molecule has 7 aromatic rings. The third-order valence-corrected chi connectivity index (χ3v) is 8.40. The van der Waals surface area contributed by atoms with Gasteiger partial charge in [0.2, 0.25) is 0 Å². The van der Waals surface area contributed by atoms with Crippen LogP contribution in [-0.2, 0) is 26.2 Å². The van der Waals surface area contributed by atoms with Crippen LogP contribution in [0.15, 0.2) is 170 Å². The molecule has 0 fully saturated rings. The minimum absolute atomic E-state index is 0. The summed E-state index contributed by atoms with van der Waals surface area (Å²) in [6.45, 7) is 16.4. The van der Waals surface area contributed by atoms with Gasteiger partial charge in [-0.15, -0.1) is 36.0 Å². The molecule has 0 spiro atoms. The number of rotatable bonds is 8. The molecule has 6 aromatic carbocycles. The molecule has 0 N–H and O–H groups in total. The molecule has 258 valence electrons. The van der Waals surface area contributed by atoms with Gasteiger partial charge in [-0.25, -0.2) is 0 Å². The fraction of sp³-hybridized carbons (Fsp3) is 0.146. The van der Waals surface area contributed by atoms with E-state index in [1.165, 1.54) is 11.1 Å². The van der Waals surface area contributed by atoms with Gasteiger partial charge in [0, 0.05) is 5.56 Å². The number of hydrogen-bond donors (Lipinski definition) is 0. The second kappa shape index (κ2) is 20.1. The van der Waals surface area contributed by atoms with Crippen molar-refractivity contribution in [3.8, 4) is 16.9 Å². The third kappa shape index (κ3) is 11.0. The molecule has 0 saturated heterocycles. The fourth-order valence-electron chi connectivity index (χ4n) is 5.74. The van der Waals surface area contributed by atoms with Crippen molar-refractivity contribution in [3.63, 3.8) is 0 Å². The number of hydrogen-bond acceptors (Lipinski definition) is 1. The first kappa shape index (κ1) is 39.7. The van der Waals surface area contributed by atoms with E-state index >= 15 is 0 Å². The van der Waals surface area contributed by atoms with Gasteiger partial charge < -0.3 is 5.32 Å². The Kier molecular flexibility index (Phi) is 15.4. The van der Waals surface area contributed by atoms with Crippen LogP contribution in [0.3, 0.4) is 0 Å². The van der Waals surface area contributed by atoms with E-state index < -0.39 is 0 Å². The molecule has 0 aliphatic heterocycles. The molecular formula is C48H47N3Zr. The van der Waals surface area contributed by atoms with Crippen molar-refractivity contribution in [3.05, 3.63) is 229 Å². The molecule has 1 heterocycles. The zero-order chi connectivity index (χ0) is 36.0. The normalized spacial score (nSPS) is 11.0. The molecule has 0 saturated carbocycles. The number of nitrogens with zero attached hydrogens (tertiary/aromatic N) is 3. The van der Waals surface area contributed by atoms with Gasteiger partial charge in [0.25, 0.3) is 0 Å². The molecule has 0 amide bonds. The molecule has 1 atom stereocenters. The predicted octanol–water partition coefficient (Wildman–Crippen LogP) is 13.1. The summed E-state index contributed by atoms with van der Waals surface area (Å²) in [6.07, 6.45) is 0. The molecular weight excluding hydrogens is 710 g/mol. The van der Waals surface area contributed by atoms with Gasteiger partial charge in [-0.3, -0.25) is 4.68 Å². The van der Waals surface area contributed by atoms with E-state index in [2.05, 4.69) is 126 Å². The quantitative estimate of drug-likeness (QED) is 0.142. The van der Waals surface area contributed by atoms with E-state index in [4.69, 9.17) is 10.4 Å². The van der Waals surface area contributed by atoms with Gasteiger partial charge in [0.05, 0.1) is 11.4 Å². The average molecular weight is 757 g/mol. The first-order valence-corrected chi connectivity index (χ1v) is 17.6. The fourth-order valence-corrected chi connectivity index (χ4v) is 5.74. The molecule has 52 heavy (non-hydrogen) atoms. The number of benzene rings is 6. The van der Waals surface area contributed by atoms with Crippen molar-refractivity contribution in [2.75, 3.05) is 0 Å². The van der Waals surface area contributed by atoms with E-state index in [1.807, 2.05) is 95.7 Å². The Labute approximate surface area is 330 Å². The van der Waals surface area contributed by atoms with E-state index in [0.717, 1.165) is 45.0 Å². The summed E-state index contributed by atoms with van der Waals surface area (Å²) in [5.41, 5.74) is 10.8. The second-order valence-corrected chi connectivity index (χ2v) is 13.0. The van der Waals surface area contributed by atoms with Gasteiger partial charge >= 0.3 is 26.2 Å². The summed E-state index contributed by atoms with van der Waals surface area (Å²) in [7, 11) is 0. The molecule has 1 aromatic heterocycles. The Morgan fingerprint density at radius 3 is 1.50 bits per heavy atom. The Balaban J connectivity index is 0.000000335. The van der Waals surface area contributed by atoms with Crippen molar-refractivity contribution < 1.29 is 26.2 Å². The summed E-state index contributed by atoms with van der Waals surface area (Å²) in [5.74, 6) is 0.732. The van der Waals surface area contributed by atoms with Crippen LogP contribution in [0.25, 0.3) is 22.3 Å². The first-order chi connectivity index (χ1) is 24.8. The third-order valence-electron chi connectivity index (χ3n) is 8.40. The van der Waals surface area contributed by atoms with Crippen LogP contribution in [0.1, 0.15) is 79.1 Å². The largest absolute Gasteiger partial charge is 4.00 e. The van der Waals surface area contributed by atoms with E-state index in [0.29, 0.717) is 11.8 Å². The van der Waals surface area contributed by atoms with Crippen molar-refractivity contribution in [1.82, 2.24) is 9.78 Å². The molecule has 4 heteroatoms. The molecule has 0 bridgehead atoms. The Morgan fingerprint density at radius 2 is 1.06 bits per heavy atom. The molecule has 1 unspecified atom stereocenters. The van der Waals surface area contributed by atoms with E-state index in [1.54, 1.807) is 0 Å². The predicted molar refractivity (Wildman–Crippen MR) is 216 cm³/mol. The number of aromatic nitrogens is 2. The summed E-state index contributed by atoms with van der Waals surface area (Å²) in [6, 6.07) is 60.5. The number of para-hydroxylation sites is 2. The van der Waals surface area contributed by atoms with Crippen LogP contribution >= 0.6 is 0 Å². The summed E-state index contributed by atoms with van der Waals surface area (Å²) < 4.78 is 1.99. The summed E-state index contributed by atoms with van der Waals surface area (Å²) >= 11 is 0. The van der Waals surface area contributed by atoms with Crippen LogP contribution in [0.5, 0.6) is 0 Å². The Morgan fingerprint density at radius 1 is 0.577 bits per heavy atom. The maximum absolute atomic E-state index is 5.50. The molecule has 0 aliphatic rings. The zero-order valence-corrected chi connectivity index (χ0v) is 33.1. The average Bonchev–Trinajstić information content (AvgIpc) is 3.61. The molecule has 7 rings (SSSR count). The van der Waals surface area contributed by atoms with Gasteiger partial charge in [0.15, 0.2) is 0 Å². The van der Waals surface area contributed by atoms with Crippen LogP contribution in [0, 0.1) is 19.9 Å². The van der Waals surface area contributed by atoms with Gasteiger partial charge in [-0.05, 0) is 29.6 Å².